The number of anilines is 1. The molecule has 0 saturated carbocycles. The van der Waals surface area contributed by atoms with Crippen molar-refractivity contribution in [2.45, 2.75) is 25.8 Å². The zero-order valence-electron chi connectivity index (χ0n) is 9.50. The quantitative estimate of drug-likeness (QED) is 0.681. The minimum Gasteiger partial charge on any atom is -0.399 e. The minimum absolute atomic E-state index is 0.109. The molecule has 18 heavy (non-hydrogen) atoms. The lowest BCUT2D eigenvalue weighted by atomic mass is 10.3. The van der Waals surface area contributed by atoms with Crippen molar-refractivity contribution in [3.63, 3.8) is 0 Å². The number of nitrogens with zero attached hydrogens (tertiary/aromatic N) is 2. The molecule has 0 atom stereocenters. The van der Waals surface area contributed by atoms with Crippen LogP contribution >= 0.6 is 0 Å². The first-order valence-corrected chi connectivity index (χ1v) is 5.30. The van der Waals surface area contributed by atoms with Crippen molar-refractivity contribution >= 4 is 16.7 Å². The molecule has 7 heteroatoms. The molecule has 3 nitrogen and oxygen atoms in total. The van der Waals surface area contributed by atoms with Crippen molar-refractivity contribution in [3.05, 3.63) is 24.0 Å². The molecule has 2 N–H and O–H groups in total. The largest absolute Gasteiger partial charge is 0.399 e. The number of imidazole rings is 1. The number of benzene rings is 1. The Labute approximate surface area is 100 Å². The van der Waals surface area contributed by atoms with Crippen LogP contribution in [-0.4, -0.2) is 16.0 Å². The lowest BCUT2D eigenvalue weighted by Crippen LogP contribution is -2.28. The van der Waals surface area contributed by atoms with E-state index in [1.54, 1.807) is 6.92 Å². The van der Waals surface area contributed by atoms with Gasteiger partial charge < -0.3 is 10.3 Å². The number of rotatable bonds is 3. The summed E-state index contributed by atoms with van der Waals surface area (Å²) in [5.74, 6) is -5.20. The smallest absolute Gasteiger partial charge is 0.364 e. The van der Waals surface area contributed by atoms with Gasteiger partial charge in [-0.25, -0.2) is 13.8 Å². The van der Waals surface area contributed by atoms with Crippen molar-refractivity contribution < 1.29 is 17.6 Å². The average molecular weight is 261 g/mol. The number of fused-ring (bicyclic) bond motifs is 1. The molecule has 98 valence electrons. The van der Waals surface area contributed by atoms with Gasteiger partial charge in [-0.15, -0.1) is 0 Å². The van der Waals surface area contributed by atoms with Crippen LogP contribution in [0.5, 0.6) is 0 Å². The van der Waals surface area contributed by atoms with Crippen molar-refractivity contribution in [1.82, 2.24) is 9.55 Å². The molecule has 0 saturated heterocycles. The number of nitrogens with two attached hydrogens (primary N) is 1. The monoisotopic (exact) mass is 261 g/mol. The number of aromatic nitrogens is 2. The molecule has 0 unspecified atom stereocenters. The maximum absolute atomic E-state index is 13.4. The molecular formula is C11H11F4N3. The van der Waals surface area contributed by atoms with Gasteiger partial charge in [0.25, 0.3) is 0 Å². The molecule has 1 heterocycles. The summed E-state index contributed by atoms with van der Waals surface area (Å²) in [5, 5.41) is 0. The van der Waals surface area contributed by atoms with Gasteiger partial charge in [0, 0.05) is 12.2 Å². The first kappa shape index (κ1) is 12.7. The Balaban J connectivity index is 2.72. The summed E-state index contributed by atoms with van der Waals surface area (Å²) in [7, 11) is 0. The Kier molecular flexibility index (Phi) is 2.92. The predicted octanol–water partition coefficient (Wildman–Crippen LogP) is 3.00. The Bertz CT molecular complexity index is 577. The third kappa shape index (κ3) is 1.79. The molecule has 0 aliphatic rings. The van der Waals surface area contributed by atoms with Crippen LogP contribution in [0.15, 0.2) is 18.2 Å². The molecule has 0 aliphatic heterocycles. The average Bonchev–Trinajstić information content (AvgIpc) is 2.66. The van der Waals surface area contributed by atoms with Gasteiger partial charge in [0.05, 0.1) is 11.0 Å². The first-order chi connectivity index (χ1) is 8.37. The van der Waals surface area contributed by atoms with E-state index in [1.807, 2.05) is 0 Å². The topological polar surface area (TPSA) is 43.8 Å². The molecule has 0 radical (unpaired) electrons. The molecule has 2 rings (SSSR count). The van der Waals surface area contributed by atoms with Gasteiger partial charge in [-0.05, 0) is 25.1 Å². The van der Waals surface area contributed by atoms with Gasteiger partial charge >= 0.3 is 12.3 Å². The predicted molar refractivity (Wildman–Crippen MR) is 59.7 cm³/mol. The van der Waals surface area contributed by atoms with Crippen molar-refractivity contribution in [2.24, 2.45) is 0 Å². The number of alkyl halides is 4. The third-order valence-corrected chi connectivity index (χ3v) is 2.66. The van der Waals surface area contributed by atoms with E-state index in [0.717, 1.165) is 4.57 Å². The number of nitrogen functional groups attached to an aromatic ring is 1. The van der Waals surface area contributed by atoms with E-state index in [9.17, 15) is 17.6 Å². The standard InChI is InChI=1S/C11H11F4N3/c1-2-18-8-5-6(16)3-4-7(8)17-10(18)11(14,15)9(12)13/h3-5,9H,2,16H2,1H3. The van der Waals surface area contributed by atoms with E-state index in [-0.39, 0.29) is 12.1 Å². The van der Waals surface area contributed by atoms with Crippen LogP contribution in [0.3, 0.4) is 0 Å². The maximum Gasteiger partial charge on any atom is 0.364 e. The number of aryl methyl sites for hydroxylation is 1. The molecule has 1 aromatic heterocycles. The second-order valence-corrected chi connectivity index (χ2v) is 3.85. The number of halogens is 4. The van der Waals surface area contributed by atoms with Crippen LogP contribution < -0.4 is 5.73 Å². The first-order valence-electron chi connectivity index (χ1n) is 5.30. The number of hydrogen-bond donors (Lipinski definition) is 1. The van der Waals surface area contributed by atoms with Crippen LogP contribution in [-0.2, 0) is 12.5 Å². The van der Waals surface area contributed by atoms with Crippen molar-refractivity contribution in [3.8, 4) is 0 Å². The molecule has 0 aliphatic carbocycles. The van der Waals surface area contributed by atoms with Crippen LogP contribution in [0, 0.1) is 0 Å². The second-order valence-electron chi connectivity index (χ2n) is 3.85. The highest BCUT2D eigenvalue weighted by molar-refractivity contribution is 5.79. The SMILES string of the molecule is CCn1c(C(F)(F)C(F)F)nc2ccc(N)cc21. The summed E-state index contributed by atoms with van der Waals surface area (Å²) in [5.41, 5.74) is 6.46. The summed E-state index contributed by atoms with van der Waals surface area (Å²) in [6, 6.07) is 4.36. The van der Waals surface area contributed by atoms with E-state index in [1.165, 1.54) is 18.2 Å². The maximum atomic E-state index is 13.4. The van der Waals surface area contributed by atoms with Crippen LogP contribution in [0.25, 0.3) is 11.0 Å². The fourth-order valence-electron chi connectivity index (χ4n) is 1.81. The van der Waals surface area contributed by atoms with Gasteiger partial charge in [-0.3, -0.25) is 0 Å². The van der Waals surface area contributed by atoms with Crippen LogP contribution in [0.1, 0.15) is 12.7 Å². The fraction of sp³-hybridized carbons (Fsp3) is 0.364. The third-order valence-electron chi connectivity index (χ3n) is 2.66. The Morgan fingerprint density at radius 3 is 2.61 bits per heavy atom. The van der Waals surface area contributed by atoms with E-state index in [2.05, 4.69) is 4.98 Å². The van der Waals surface area contributed by atoms with Gasteiger partial charge in [0.1, 0.15) is 0 Å². The van der Waals surface area contributed by atoms with E-state index in [0.29, 0.717) is 11.2 Å². The Morgan fingerprint density at radius 1 is 1.39 bits per heavy atom. The molecule has 1 aromatic carbocycles. The lowest BCUT2D eigenvalue weighted by Gasteiger charge is -2.15. The highest BCUT2D eigenvalue weighted by Gasteiger charge is 2.47. The molecule has 0 spiro atoms. The molecule has 0 bridgehead atoms. The highest BCUT2D eigenvalue weighted by Crippen LogP contribution is 2.36. The fourth-order valence-corrected chi connectivity index (χ4v) is 1.81. The molecule has 0 fully saturated rings. The molecule has 2 aromatic rings. The zero-order chi connectivity index (χ0) is 13.5. The summed E-state index contributed by atoms with van der Waals surface area (Å²) in [6.45, 7) is 1.69. The Hall–Kier alpha value is -1.79. The summed E-state index contributed by atoms with van der Waals surface area (Å²) >= 11 is 0. The normalized spacial score (nSPS) is 12.6. The van der Waals surface area contributed by atoms with Gasteiger partial charge in [0.15, 0.2) is 5.82 Å². The number of hydrogen-bond acceptors (Lipinski definition) is 2. The van der Waals surface area contributed by atoms with Gasteiger partial charge in [0.2, 0.25) is 0 Å². The second kappa shape index (κ2) is 4.15. The van der Waals surface area contributed by atoms with Crippen molar-refractivity contribution in [1.29, 1.82) is 0 Å². The minimum atomic E-state index is -4.27. The van der Waals surface area contributed by atoms with Crippen LogP contribution in [0.4, 0.5) is 23.2 Å². The summed E-state index contributed by atoms with van der Waals surface area (Å²) in [6.07, 6.45) is -3.79. The van der Waals surface area contributed by atoms with Gasteiger partial charge in [-0.1, -0.05) is 0 Å². The highest BCUT2D eigenvalue weighted by atomic mass is 19.3. The van der Waals surface area contributed by atoms with E-state index >= 15 is 0 Å². The van der Waals surface area contributed by atoms with Gasteiger partial charge in [-0.2, -0.15) is 8.78 Å². The lowest BCUT2D eigenvalue weighted by molar-refractivity contribution is -0.142. The molecular weight excluding hydrogens is 250 g/mol. The van der Waals surface area contributed by atoms with Crippen LogP contribution in [0.2, 0.25) is 0 Å². The van der Waals surface area contributed by atoms with Crippen molar-refractivity contribution in [2.75, 3.05) is 5.73 Å². The zero-order valence-corrected chi connectivity index (χ0v) is 9.50. The molecule has 0 amide bonds. The van der Waals surface area contributed by atoms with E-state index in [4.69, 9.17) is 5.73 Å². The van der Waals surface area contributed by atoms with E-state index < -0.39 is 18.2 Å². The summed E-state index contributed by atoms with van der Waals surface area (Å²) in [4.78, 5) is 3.59. The summed E-state index contributed by atoms with van der Waals surface area (Å²) < 4.78 is 52.6. The Morgan fingerprint density at radius 2 is 2.06 bits per heavy atom.